The third-order valence-corrected chi connectivity index (χ3v) is 4.27. The van der Waals surface area contributed by atoms with Crippen LogP contribution < -0.4 is 5.32 Å². The normalized spacial score (nSPS) is 19.2. The molecule has 0 radical (unpaired) electrons. The van der Waals surface area contributed by atoms with Crippen molar-refractivity contribution in [2.45, 2.75) is 32.7 Å². The zero-order valence-corrected chi connectivity index (χ0v) is 12.9. The van der Waals surface area contributed by atoms with Crippen molar-refractivity contribution in [2.75, 3.05) is 26.2 Å². The Kier molecular flexibility index (Phi) is 5.81. The Morgan fingerprint density at radius 3 is 2.14 bits per heavy atom. The summed E-state index contributed by atoms with van der Waals surface area (Å²) < 4.78 is 55.6. The number of nitrogens with one attached hydrogen (secondary N) is 1. The van der Waals surface area contributed by atoms with E-state index in [9.17, 15) is 17.6 Å². The molecule has 124 valence electrons. The average molecular weight is 318 g/mol. The molecule has 1 heterocycles. The molecule has 0 saturated carbocycles. The summed E-state index contributed by atoms with van der Waals surface area (Å²) in [5, 5.41) is 3.17. The lowest BCUT2D eigenvalue weighted by molar-refractivity contribution is 0.118. The molecule has 1 N–H and O–H groups in total. The maximum atomic E-state index is 14.2. The van der Waals surface area contributed by atoms with Crippen molar-refractivity contribution >= 4 is 0 Å². The minimum atomic E-state index is -1.34. The number of hydrogen-bond acceptors (Lipinski definition) is 2. The van der Waals surface area contributed by atoms with Gasteiger partial charge in [0.25, 0.3) is 0 Å². The summed E-state index contributed by atoms with van der Waals surface area (Å²) in [6.45, 7) is 6.42. The molecule has 0 aliphatic carbocycles. The van der Waals surface area contributed by atoms with E-state index >= 15 is 0 Å². The zero-order valence-electron chi connectivity index (χ0n) is 12.9. The molecule has 1 aromatic rings. The number of hydrogen-bond donors (Lipinski definition) is 1. The third kappa shape index (κ3) is 3.43. The quantitative estimate of drug-likeness (QED) is 0.659. The van der Waals surface area contributed by atoms with Crippen LogP contribution in [0.2, 0.25) is 0 Å². The van der Waals surface area contributed by atoms with Crippen LogP contribution in [0.3, 0.4) is 0 Å². The van der Waals surface area contributed by atoms with Crippen LogP contribution >= 0.6 is 0 Å². The fourth-order valence-electron chi connectivity index (χ4n) is 3.25. The van der Waals surface area contributed by atoms with E-state index in [4.69, 9.17) is 0 Å². The molecule has 0 amide bonds. The van der Waals surface area contributed by atoms with Crippen LogP contribution in [-0.2, 0) is 0 Å². The second-order valence-corrected chi connectivity index (χ2v) is 5.88. The smallest absolute Gasteiger partial charge is 0.166 e. The summed E-state index contributed by atoms with van der Waals surface area (Å²) in [7, 11) is 0. The van der Waals surface area contributed by atoms with E-state index in [2.05, 4.69) is 5.32 Å². The Hall–Kier alpha value is -1.14. The van der Waals surface area contributed by atoms with Crippen LogP contribution in [0.25, 0.3) is 0 Å². The zero-order chi connectivity index (χ0) is 16.3. The Labute approximate surface area is 128 Å². The molecule has 1 aromatic carbocycles. The fraction of sp³-hybridized carbons (Fsp3) is 0.625. The molecule has 2 atom stereocenters. The van der Waals surface area contributed by atoms with Gasteiger partial charge in [0, 0.05) is 43.9 Å². The summed E-state index contributed by atoms with van der Waals surface area (Å²) >= 11 is 0. The van der Waals surface area contributed by atoms with Crippen molar-refractivity contribution in [3.05, 3.63) is 34.9 Å². The summed E-state index contributed by atoms with van der Waals surface area (Å²) in [4.78, 5) is 1.91. The summed E-state index contributed by atoms with van der Waals surface area (Å²) in [6, 6.07) is -0.389. The van der Waals surface area contributed by atoms with Gasteiger partial charge in [0.1, 0.15) is 0 Å². The van der Waals surface area contributed by atoms with Crippen LogP contribution in [0.1, 0.15) is 38.3 Å². The predicted octanol–water partition coefficient (Wildman–Crippen LogP) is 3.63. The number of halogens is 4. The Morgan fingerprint density at radius 1 is 1.09 bits per heavy atom. The van der Waals surface area contributed by atoms with E-state index in [1.54, 1.807) is 0 Å². The van der Waals surface area contributed by atoms with Gasteiger partial charge in [-0.3, -0.25) is 4.90 Å². The topological polar surface area (TPSA) is 15.3 Å². The summed E-state index contributed by atoms with van der Waals surface area (Å²) in [6.07, 6.45) is 1.57. The molecular weight excluding hydrogens is 296 g/mol. The number of piperazine rings is 1. The molecule has 1 unspecified atom stereocenters. The maximum Gasteiger partial charge on any atom is 0.166 e. The molecule has 22 heavy (non-hydrogen) atoms. The van der Waals surface area contributed by atoms with Gasteiger partial charge in [0.15, 0.2) is 23.3 Å². The van der Waals surface area contributed by atoms with Crippen molar-refractivity contribution in [3.63, 3.8) is 0 Å². The second-order valence-electron chi connectivity index (χ2n) is 5.88. The van der Waals surface area contributed by atoms with Crippen molar-refractivity contribution in [2.24, 2.45) is 5.92 Å². The SMILES string of the molecule is CCCC(C)[C@@H](c1c(F)c(F)cc(F)c1F)N1CCNCC1. The first-order valence-corrected chi connectivity index (χ1v) is 7.75. The monoisotopic (exact) mass is 318 g/mol. The van der Waals surface area contributed by atoms with Gasteiger partial charge in [0.2, 0.25) is 0 Å². The van der Waals surface area contributed by atoms with E-state index in [-0.39, 0.29) is 12.0 Å². The lowest BCUT2D eigenvalue weighted by Gasteiger charge is -2.39. The number of rotatable bonds is 5. The van der Waals surface area contributed by atoms with E-state index in [0.717, 1.165) is 12.8 Å². The number of benzene rings is 1. The predicted molar refractivity (Wildman–Crippen MR) is 77.5 cm³/mol. The third-order valence-electron chi connectivity index (χ3n) is 4.27. The van der Waals surface area contributed by atoms with Crippen LogP contribution in [0, 0.1) is 29.2 Å². The molecule has 0 bridgehead atoms. The Morgan fingerprint density at radius 2 is 1.64 bits per heavy atom. The molecule has 1 aliphatic heterocycles. The van der Waals surface area contributed by atoms with Gasteiger partial charge in [-0.15, -0.1) is 0 Å². The lowest BCUT2D eigenvalue weighted by atomic mass is 9.88. The molecular formula is C16H22F4N2. The Bertz CT molecular complexity index is 489. The molecule has 2 rings (SSSR count). The Balaban J connectivity index is 2.48. The first-order valence-electron chi connectivity index (χ1n) is 7.75. The standard InChI is InChI=1S/C16H22F4N2/c1-3-4-10(2)16(22-7-5-21-6-8-22)13-14(19)11(17)9-12(18)15(13)20/h9-10,16,21H,3-8H2,1-2H3/t10?,16-/m0/s1. The largest absolute Gasteiger partial charge is 0.314 e. The van der Waals surface area contributed by atoms with Crippen LogP contribution in [-0.4, -0.2) is 31.1 Å². The highest BCUT2D eigenvalue weighted by Gasteiger charge is 2.34. The fourth-order valence-corrected chi connectivity index (χ4v) is 3.25. The molecule has 6 heteroatoms. The molecule has 1 fully saturated rings. The van der Waals surface area contributed by atoms with E-state index < -0.39 is 34.9 Å². The highest BCUT2D eigenvalue weighted by atomic mass is 19.2. The maximum absolute atomic E-state index is 14.2. The number of nitrogens with zero attached hydrogens (tertiary/aromatic N) is 1. The van der Waals surface area contributed by atoms with Crippen molar-refractivity contribution in [1.29, 1.82) is 0 Å². The molecule has 1 saturated heterocycles. The van der Waals surface area contributed by atoms with Gasteiger partial charge >= 0.3 is 0 Å². The van der Waals surface area contributed by atoms with Gasteiger partial charge in [-0.25, -0.2) is 17.6 Å². The average Bonchev–Trinajstić information content (AvgIpc) is 2.50. The van der Waals surface area contributed by atoms with E-state index in [1.165, 1.54) is 0 Å². The van der Waals surface area contributed by atoms with Gasteiger partial charge < -0.3 is 5.32 Å². The van der Waals surface area contributed by atoms with Crippen molar-refractivity contribution in [3.8, 4) is 0 Å². The van der Waals surface area contributed by atoms with E-state index in [0.29, 0.717) is 26.2 Å². The van der Waals surface area contributed by atoms with Crippen LogP contribution in [0.15, 0.2) is 6.07 Å². The first kappa shape index (κ1) is 17.2. The summed E-state index contributed by atoms with van der Waals surface area (Å²) in [5.41, 5.74) is -0.472. The minimum absolute atomic E-state index is 0.103. The molecule has 0 aromatic heterocycles. The molecule has 2 nitrogen and oxygen atoms in total. The van der Waals surface area contributed by atoms with Crippen LogP contribution in [0.5, 0.6) is 0 Å². The van der Waals surface area contributed by atoms with Crippen molar-refractivity contribution < 1.29 is 17.6 Å². The minimum Gasteiger partial charge on any atom is -0.314 e. The highest BCUT2D eigenvalue weighted by molar-refractivity contribution is 5.26. The first-order chi connectivity index (χ1) is 10.5. The molecule has 0 spiro atoms. The molecule has 1 aliphatic rings. The second kappa shape index (κ2) is 7.42. The van der Waals surface area contributed by atoms with Gasteiger partial charge in [0.05, 0.1) is 0 Å². The van der Waals surface area contributed by atoms with E-state index in [1.807, 2.05) is 18.7 Å². The van der Waals surface area contributed by atoms with Gasteiger partial charge in [-0.1, -0.05) is 20.3 Å². The van der Waals surface area contributed by atoms with Crippen molar-refractivity contribution in [1.82, 2.24) is 10.2 Å². The summed E-state index contributed by atoms with van der Waals surface area (Å²) in [5.74, 6) is -5.32. The van der Waals surface area contributed by atoms with Gasteiger partial charge in [-0.05, 0) is 12.3 Å². The van der Waals surface area contributed by atoms with Crippen LogP contribution in [0.4, 0.5) is 17.6 Å². The lowest BCUT2D eigenvalue weighted by Crippen LogP contribution is -2.47. The highest BCUT2D eigenvalue weighted by Crippen LogP contribution is 2.36. The van der Waals surface area contributed by atoms with Gasteiger partial charge in [-0.2, -0.15) is 0 Å².